The Hall–Kier alpha value is -1.63. The van der Waals surface area contributed by atoms with Gasteiger partial charge in [-0.25, -0.2) is 0 Å². The predicted octanol–water partition coefficient (Wildman–Crippen LogP) is 1.57. The Kier molecular flexibility index (Phi) is 4.66. The molecular formula is C11H14F3N3O. The van der Waals surface area contributed by atoms with Crippen molar-refractivity contribution in [2.24, 2.45) is 5.73 Å². The van der Waals surface area contributed by atoms with Gasteiger partial charge in [0.2, 0.25) is 0 Å². The fraction of sp³-hybridized carbons (Fsp3) is 0.455. The topological polar surface area (TPSA) is 68.0 Å². The monoisotopic (exact) mass is 261 g/mol. The van der Waals surface area contributed by atoms with E-state index < -0.39 is 17.6 Å². The molecule has 0 aliphatic heterocycles. The van der Waals surface area contributed by atoms with Gasteiger partial charge in [0, 0.05) is 18.8 Å². The molecular weight excluding hydrogens is 247 g/mol. The summed E-state index contributed by atoms with van der Waals surface area (Å²) in [6, 6.07) is 1.66. The van der Waals surface area contributed by atoms with Crippen LogP contribution in [0.15, 0.2) is 18.3 Å². The van der Waals surface area contributed by atoms with Crippen LogP contribution < -0.4 is 11.1 Å². The van der Waals surface area contributed by atoms with E-state index in [2.05, 4.69) is 10.3 Å². The lowest BCUT2D eigenvalue weighted by Gasteiger charge is -2.14. The van der Waals surface area contributed by atoms with Crippen LogP contribution in [0.25, 0.3) is 0 Å². The number of aromatic nitrogens is 1. The Morgan fingerprint density at radius 2 is 2.17 bits per heavy atom. The van der Waals surface area contributed by atoms with Crippen LogP contribution in [0.1, 0.15) is 29.4 Å². The number of nitrogens with one attached hydrogen (secondary N) is 1. The second-order valence-corrected chi connectivity index (χ2v) is 3.74. The lowest BCUT2D eigenvalue weighted by Crippen LogP contribution is -2.40. The normalized spacial score (nSPS) is 13.2. The molecule has 1 aromatic heterocycles. The summed E-state index contributed by atoms with van der Waals surface area (Å²) in [5, 5.41) is 2.58. The first kappa shape index (κ1) is 14.4. The number of pyridine rings is 1. The second kappa shape index (κ2) is 5.81. The summed E-state index contributed by atoms with van der Waals surface area (Å²) in [6.07, 6.45) is -3.17. The highest BCUT2D eigenvalue weighted by Crippen LogP contribution is 2.28. The molecule has 7 heteroatoms. The van der Waals surface area contributed by atoms with Crippen LogP contribution in [0.5, 0.6) is 0 Å². The molecule has 1 unspecified atom stereocenters. The van der Waals surface area contributed by atoms with Crippen LogP contribution >= 0.6 is 0 Å². The van der Waals surface area contributed by atoms with Gasteiger partial charge < -0.3 is 11.1 Å². The summed E-state index contributed by atoms with van der Waals surface area (Å²) in [6.45, 7) is 2.11. The first-order chi connectivity index (χ1) is 8.38. The van der Waals surface area contributed by atoms with Crippen molar-refractivity contribution in [3.8, 4) is 0 Å². The Labute approximate surface area is 102 Å². The highest BCUT2D eigenvalue weighted by Gasteiger charge is 2.30. The molecule has 0 aliphatic rings. The van der Waals surface area contributed by atoms with Crippen molar-refractivity contribution < 1.29 is 18.0 Å². The van der Waals surface area contributed by atoms with E-state index in [-0.39, 0.29) is 18.3 Å². The zero-order valence-corrected chi connectivity index (χ0v) is 9.79. The van der Waals surface area contributed by atoms with Crippen LogP contribution in [-0.2, 0) is 6.18 Å². The van der Waals surface area contributed by atoms with Gasteiger partial charge in [-0.3, -0.25) is 9.78 Å². The van der Waals surface area contributed by atoms with Crippen molar-refractivity contribution in [3.63, 3.8) is 0 Å². The molecule has 18 heavy (non-hydrogen) atoms. The Morgan fingerprint density at radius 1 is 1.50 bits per heavy atom. The number of carbonyl (C=O) groups excluding carboxylic acids is 1. The minimum absolute atomic E-state index is 0.0603. The first-order valence-electron chi connectivity index (χ1n) is 5.42. The fourth-order valence-electron chi connectivity index (χ4n) is 1.28. The number of hydrogen-bond acceptors (Lipinski definition) is 3. The molecule has 0 saturated heterocycles. The van der Waals surface area contributed by atoms with E-state index in [1.165, 1.54) is 0 Å². The van der Waals surface area contributed by atoms with Gasteiger partial charge in [0.1, 0.15) is 5.69 Å². The molecule has 1 rings (SSSR count). The average molecular weight is 261 g/mol. The summed E-state index contributed by atoms with van der Waals surface area (Å²) in [5.74, 6) is -0.527. The molecule has 1 heterocycles. The molecule has 1 atom stereocenters. The van der Waals surface area contributed by atoms with E-state index in [4.69, 9.17) is 5.73 Å². The molecule has 0 radical (unpaired) electrons. The minimum atomic E-state index is -4.45. The van der Waals surface area contributed by atoms with Gasteiger partial charge in [0.05, 0.1) is 5.56 Å². The highest BCUT2D eigenvalue weighted by atomic mass is 19.4. The molecule has 100 valence electrons. The molecule has 1 aromatic rings. The Morgan fingerprint density at radius 3 is 2.56 bits per heavy atom. The van der Waals surface area contributed by atoms with Crippen molar-refractivity contribution in [3.05, 3.63) is 29.6 Å². The van der Waals surface area contributed by atoms with E-state index >= 15 is 0 Å². The Balaban J connectivity index is 2.76. The molecule has 0 bridgehead atoms. The van der Waals surface area contributed by atoms with E-state index in [0.29, 0.717) is 12.6 Å². The third kappa shape index (κ3) is 3.69. The molecule has 0 fully saturated rings. The molecule has 0 saturated carbocycles. The fourth-order valence-corrected chi connectivity index (χ4v) is 1.28. The molecule has 4 nitrogen and oxygen atoms in total. The maximum atomic E-state index is 12.3. The Bertz CT molecular complexity index is 399. The van der Waals surface area contributed by atoms with E-state index in [1.54, 1.807) is 0 Å². The number of hydrogen-bond donors (Lipinski definition) is 2. The number of nitrogens with two attached hydrogens (primary N) is 1. The number of carbonyl (C=O) groups is 1. The van der Waals surface area contributed by atoms with Crippen LogP contribution in [0.4, 0.5) is 13.2 Å². The van der Waals surface area contributed by atoms with Crippen molar-refractivity contribution in [1.29, 1.82) is 0 Å². The lowest BCUT2D eigenvalue weighted by molar-refractivity contribution is -0.137. The number of halogens is 3. The van der Waals surface area contributed by atoms with Gasteiger partial charge in [-0.1, -0.05) is 6.92 Å². The van der Waals surface area contributed by atoms with Gasteiger partial charge in [-0.15, -0.1) is 0 Å². The van der Waals surface area contributed by atoms with Crippen LogP contribution in [0, 0.1) is 0 Å². The quantitative estimate of drug-likeness (QED) is 0.864. The zero-order chi connectivity index (χ0) is 13.8. The van der Waals surface area contributed by atoms with E-state index in [1.807, 2.05) is 6.92 Å². The van der Waals surface area contributed by atoms with Crippen molar-refractivity contribution in [2.45, 2.75) is 25.6 Å². The summed E-state index contributed by atoms with van der Waals surface area (Å²) >= 11 is 0. The molecule has 0 aliphatic carbocycles. The first-order valence-corrected chi connectivity index (χ1v) is 5.42. The van der Waals surface area contributed by atoms with Crippen molar-refractivity contribution >= 4 is 5.91 Å². The number of amides is 1. The van der Waals surface area contributed by atoms with Gasteiger partial charge in [-0.05, 0) is 18.6 Å². The number of rotatable bonds is 4. The van der Waals surface area contributed by atoms with Crippen LogP contribution in [0.2, 0.25) is 0 Å². The summed E-state index contributed by atoms with van der Waals surface area (Å²) in [4.78, 5) is 15.1. The second-order valence-electron chi connectivity index (χ2n) is 3.74. The minimum Gasteiger partial charge on any atom is -0.347 e. The maximum Gasteiger partial charge on any atom is 0.417 e. The van der Waals surface area contributed by atoms with Gasteiger partial charge in [0.25, 0.3) is 5.91 Å². The van der Waals surface area contributed by atoms with Crippen LogP contribution in [0.3, 0.4) is 0 Å². The molecule has 0 aromatic carbocycles. The average Bonchev–Trinajstić information content (AvgIpc) is 2.34. The zero-order valence-electron chi connectivity index (χ0n) is 9.79. The third-order valence-corrected chi connectivity index (χ3v) is 2.44. The predicted molar refractivity (Wildman–Crippen MR) is 59.8 cm³/mol. The van der Waals surface area contributed by atoms with Crippen molar-refractivity contribution in [1.82, 2.24) is 10.3 Å². The molecule has 1 amide bonds. The van der Waals surface area contributed by atoms with Crippen molar-refractivity contribution in [2.75, 3.05) is 6.54 Å². The molecule has 0 spiro atoms. The van der Waals surface area contributed by atoms with Gasteiger partial charge in [-0.2, -0.15) is 13.2 Å². The van der Waals surface area contributed by atoms with E-state index in [0.717, 1.165) is 12.1 Å². The maximum absolute atomic E-state index is 12.3. The number of nitrogens with zero attached hydrogens (tertiary/aromatic N) is 1. The van der Waals surface area contributed by atoms with Crippen LogP contribution in [-0.4, -0.2) is 23.5 Å². The summed E-state index contributed by atoms with van der Waals surface area (Å²) in [5.41, 5.74) is 4.46. The smallest absolute Gasteiger partial charge is 0.347 e. The van der Waals surface area contributed by atoms with Gasteiger partial charge in [0.15, 0.2) is 0 Å². The number of alkyl halides is 3. The van der Waals surface area contributed by atoms with E-state index in [9.17, 15) is 18.0 Å². The summed E-state index contributed by atoms with van der Waals surface area (Å²) < 4.78 is 36.8. The largest absolute Gasteiger partial charge is 0.417 e. The third-order valence-electron chi connectivity index (χ3n) is 2.44. The van der Waals surface area contributed by atoms with Gasteiger partial charge >= 0.3 is 6.18 Å². The standard InChI is InChI=1S/C11H14F3N3O/c1-2-8(5-15)17-10(18)9-4-3-7(6-16-9)11(12,13)14/h3-4,6,8H,2,5,15H2,1H3,(H,17,18). The summed E-state index contributed by atoms with van der Waals surface area (Å²) in [7, 11) is 0. The lowest BCUT2D eigenvalue weighted by atomic mass is 10.2. The molecule has 3 N–H and O–H groups in total. The SMILES string of the molecule is CCC(CN)NC(=O)c1ccc(C(F)(F)F)cn1. The highest BCUT2D eigenvalue weighted by molar-refractivity contribution is 5.92.